The van der Waals surface area contributed by atoms with Crippen molar-refractivity contribution in [3.63, 3.8) is 0 Å². The molecule has 17 heavy (non-hydrogen) atoms. The van der Waals surface area contributed by atoms with E-state index in [9.17, 15) is 4.79 Å². The van der Waals surface area contributed by atoms with Gasteiger partial charge in [-0.1, -0.05) is 0 Å². The zero-order chi connectivity index (χ0) is 12.3. The number of carbonyl (C=O) groups excluding carboxylic acids is 1. The Hall–Kier alpha value is -2.31. The number of hydrogen-bond acceptors (Lipinski definition) is 4. The second-order valence-electron chi connectivity index (χ2n) is 3.77. The number of rotatable bonds is 4. The molecule has 2 heterocycles. The highest BCUT2D eigenvalue weighted by Crippen LogP contribution is 1.98. The van der Waals surface area contributed by atoms with Gasteiger partial charge in [-0.15, -0.1) is 0 Å². The van der Waals surface area contributed by atoms with Gasteiger partial charge in [0.1, 0.15) is 6.54 Å². The van der Waals surface area contributed by atoms with E-state index in [1.807, 2.05) is 13.2 Å². The Morgan fingerprint density at radius 3 is 2.82 bits per heavy atom. The third-order valence-corrected chi connectivity index (χ3v) is 2.21. The molecule has 0 unspecified atom stereocenters. The molecule has 2 rings (SSSR count). The van der Waals surface area contributed by atoms with Crippen LogP contribution >= 0.6 is 0 Å². The topological polar surface area (TPSA) is 90.8 Å². The molecular formula is C10H14N6O. The molecule has 0 spiro atoms. The maximum absolute atomic E-state index is 11.6. The maximum Gasteiger partial charge on any atom is 0.242 e. The van der Waals surface area contributed by atoms with E-state index in [0.717, 1.165) is 5.56 Å². The van der Waals surface area contributed by atoms with Gasteiger partial charge in [-0.25, -0.2) is 0 Å². The van der Waals surface area contributed by atoms with Crippen LogP contribution in [0.4, 0.5) is 5.69 Å². The van der Waals surface area contributed by atoms with Crippen molar-refractivity contribution in [2.75, 3.05) is 5.73 Å². The van der Waals surface area contributed by atoms with Crippen LogP contribution in [0, 0.1) is 0 Å². The quantitative estimate of drug-likeness (QED) is 0.747. The molecule has 3 N–H and O–H groups in total. The molecular weight excluding hydrogens is 220 g/mol. The van der Waals surface area contributed by atoms with E-state index in [1.165, 1.54) is 10.9 Å². The summed E-state index contributed by atoms with van der Waals surface area (Å²) < 4.78 is 3.18. The Bertz CT molecular complexity index is 514. The average Bonchev–Trinajstić information content (AvgIpc) is 2.85. The highest BCUT2D eigenvalue weighted by molar-refractivity contribution is 5.75. The Labute approximate surface area is 98.2 Å². The van der Waals surface area contributed by atoms with Crippen LogP contribution in [-0.2, 0) is 24.9 Å². The second-order valence-corrected chi connectivity index (χ2v) is 3.77. The lowest BCUT2D eigenvalue weighted by molar-refractivity contribution is -0.122. The summed E-state index contributed by atoms with van der Waals surface area (Å²) in [6.45, 7) is 0.626. The van der Waals surface area contributed by atoms with Crippen LogP contribution in [0.3, 0.4) is 0 Å². The highest BCUT2D eigenvalue weighted by atomic mass is 16.2. The number of nitrogen functional groups attached to an aromatic ring is 1. The van der Waals surface area contributed by atoms with E-state index in [0.29, 0.717) is 12.2 Å². The summed E-state index contributed by atoms with van der Waals surface area (Å²) in [6, 6.07) is 0. The number of hydrogen-bond donors (Lipinski definition) is 2. The van der Waals surface area contributed by atoms with Crippen LogP contribution in [0.5, 0.6) is 0 Å². The van der Waals surface area contributed by atoms with Crippen molar-refractivity contribution in [2.24, 2.45) is 7.05 Å². The number of carbonyl (C=O) groups is 1. The molecule has 2 aromatic heterocycles. The molecule has 90 valence electrons. The normalized spacial score (nSPS) is 10.4. The summed E-state index contributed by atoms with van der Waals surface area (Å²) in [4.78, 5) is 11.6. The third-order valence-electron chi connectivity index (χ3n) is 2.21. The van der Waals surface area contributed by atoms with Crippen LogP contribution in [0.25, 0.3) is 0 Å². The molecule has 0 bridgehead atoms. The van der Waals surface area contributed by atoms with E-state index in [-0.39, 0.29) is 12.5 Å². The molecule has 0 aliphatic rings. The van der Waals surface area contributed by atoms with Gasteiger partial charge in [-0.3, -0.25) is 14.2 Å². The molecule has 0 saturated heterocycles. The summed E-state index contributed by atoms with van der Waals surface area (Å²) in [5, 5.41) is 10.7. The molecule has 0 saturated carbocycles. The van der Waals surface area contributed by atoms with Gasteiger partial charge in [0.15, 0.2) is 0 Å². The first-order valence-corrected chi connectivity index (χ1v) is 5.15. The first-order chi connectivity index (χ1) is 8.13. The Kier molecular flexibility index (Phi) is 3.08. The number of amides is 1. The van der Waals surface area contributed by atoms with E-state index in [1.54, 1.807) is 17.1 Å². The SMILES string of the molecule is Cn1cc(CNC(=O)Cn2cc(N)cn2)cn1. The van der Waals surface area contributed by atoms with Crippen molar-refractivity contribution in [1.29, 1.82) is 0 Å². The maximum atomic E-state index is 11.6. The van der Waals surface area contributed by atoms with Crippen LogP contribution in [0.1, 0.15) is 5.56 Å². The van der Waals surface area contributed by atoms with Gasteiger partial charge in [0.25, 0.3) is 0 Å². The van der Waals surface area contributed by atoms with Crippen LogP contribution < -0.4 is 11.1 Å². The third kappa shape index (κ3) is 3.07. The monoisotopic (exact) mass is 234 g/mol. The van der Waals surface area contributed by atoms with Gasteiger partial charge in [0.05, 0.1) is 18.1 Å². The smallest absolute Gasteiger partial charge is 0.242 e. The van der Waals surface area contributed by atoms with Crippen molar-refractivity contribution < 1.29 is 4.79 Å². The Morgan fingerprint density at radius 2 is 2.24 bits per heavy atom. The summed E-state index contributed by atoms with van der Waals surface area (Å²) >= 11 is 0. The largest absolute Gasteiger partial charge is 0.396 e. The first-order valence-electron chi connectivity index (χ1n) is 5.15. The Morgan fingerprint density at radius 1 is 1.41 bits per heavy atom. The van der Waals surface area contributed by atoms with Crippen molar-refractivity contribution in [3.05, 3.63) is 30.4 Å². The number of aromatic nitrogens is 4. The van der Waals surface area contributed by atoms with Crippen molar-refractivity contribution in [3.8, 4) is 0 Å². The van der Waals surface area contributed by atoms with E-state index < -0.39 is 0 Å². The molecule has 2 aromatic rings. The number of nitrogens with two attached hydrogens (primary N) is 1. The molecule has 7 heteroatoms. The van der Waals surface area contributed by atoms with Gasteiger partial charge in [-0.05, 0) is 0 Å². The van der Waals surface area contributed by atoms with Crippen LogP contribution in [-0.4, -0.2) is 25.5 Å². The molecule has 1 amide bonds. The lowest BCUT2D eigenvalue weighted by Gasteiger charge is -2.03. The van der Waals surface area contributed by atoms with E-state index in [4.69, 9.17) is 5.73 Å². The lowest BCUT2D eigenvalue weighted by atomic mass is 10.3. The minimum Gasteiger partial charge on any atom is -0.396 e. The number of anilines is 1. The fourth-order valence-corrected chi connectivity index (χ4v) is 1.43. The lowest BCUT2D eigenvalue weighted by Crippen LogP contribution is -2.27. The van der Waals surface area contributed by atoms with E-state index >= 15 is 0 Å². The summed E-state index contributed by atoms with van der Waals surface area (Å²) in [6.07, 6.45) is 6.69. The molecule has 7 nitrogen and oxygen atoms in total. The predicted molar refractivity (Wildman–Crippen MR) is 61.7 cm³/mol. The van der Waals surface area contributed by atoms with E-state index in [2.05, 4.69) is 15.5 Å². The number of nitrogens with one attached hydrogen (secondary N) is 1. The molecule has 0 aliphatic carbocycles. The van der Waals surface area contributed by atoms with Gasteiger partial charge < -0.3 is 11.1 Å². The zero-order valence-corrected chi connectivity index (χ0v) is 9.50. The zero-order valence-electron chi connectivity index (χ0n) is 9.50. The summed E-state index contributed by atoms with van der Waals surface area (Å²) in [5.74, 6) is -0.114. The fourth-order valence-electron chi connectivity index (χ4n) is 1.43. The van der Waals surface area contributed by atoms with Gasteiger partial charge in [-0.2, -0.15) is 10.2 Å². The average molecular weight is 234 g/mol. The van der Waals surface area contributed by atoms with Crippen molar-refractivity contribution in [1.82, 2.24) is 24.9 Å². The predicted octanol–water partition coefficient (Wildman–Crippen LogP) is -0.485. The minimum absolute atomic E-state index is 0.114. The van der Waals surface area contributed by atoms with Crippen LogP contribution in [0.15, 0.2) is 24.8 Å². The Balaban J connectivity index is 1.82. The fraction of sp³-hybridized carbons (Fsp3) is 0.300. The van der Waals surface area contributed by atoms with Crippen LogP contribution in [0.2, 0.25) is 0 Å². The molecule has 0 aliphatic heterocycles. The van der Waals surface area contributed by atoms with Crippen molar-refractivity contribution in [2.45, 2.75) is 13.1 Å². The van der Waals surface area contributed by atoms with Crippen molar-refractivity contribution >= 4 is 11.6 Å². The van der Waals surface area contributed by atoms with Gasteiger partial charge in [0, 0.05) is 31.5 Å². The summed E-state index contributed by atoms with van der Waals surface area (Å²) in [5.41, 5.74) is 7.00. The highest BCUT2D eigenvalue weighted by Gasteiger charge is 2.04. The summed E-state index contributed by atoms with van der Waals surface area (Å²) in [7, 11) is 1.83. The molecule has 0 aromatic carbocycles. The first kappa shape index (κ1) is 11.2. The number of aryl methyl sites for hydroxylation is 1. The molecule has 0 fully saturated rings. The molecule has 0 radical (unpaired) electrons. The van der Waals surface area contributed by atoms with Gasteiger partial charge in [0.2, 0.25) is 5.91 Å². The standard InChI is InChI=1S/C10H14N6O/c1-15-5-8(3-13-15)2-12-10(17)7-16-6-9(11)4-14-16/h3-6H,2,7,11H2,1H3,(H,12,17). The molecule has 0 atom stereocenters. The number of nitrogens with zero attached hydrogens (tertiary/aromatic N) is 4. The minimum atomic E-state index is -0.114. The second kappa shape index (κ2) is 4.69. The van der Waals surface area contributed by atoms with Gasteiger partial charge >= 0.3 is 0 Å².